The zero-order chi connectivity index (χ0) is 33.3. The summed E-state index contributed by atoms with van der Waals surface area (Å²) in [4.78, 5) is 30.8. The van der Waals surface area contributed by atoms with E-state index in [4.69, 9.17) is 16.3 Å². The van der Waals surface area contributed by atoms with Crippen molar-refractivity contribution >= 4 is 39.1 Å². The molecule has 12 heteroatoms. The van der Waals surface area contributed by atoms with Crippen molar-refractivity contribution in [2.45, 2.75) is 48.6 Å². The maximum Gasteiger partial charge on any atom is 0.264 e. The number of nitrogens with one attached hydrogen (secondary N) is 1. The number of likely N-dealkylation sites (tertiary alicyclic amines) is 2. The van der Waals surface area contributed by atoms with Gasteiger partial charge in [-0.2, -0.15) is 0 Å². The van der Waals surface area contributed by atoms with E-state index < -0.39 is 21.3 Å². The van der Waals surface area contributed by atoms with Crippen molar-refractivity contribution in [3.63, 3.8) is 0 Å². The number of amides is 2. The monoisotopic (exact) mass is 692 g/mol. The lowest BCUT2D eigenvalue weighted by Gasteiger charge is -2.55. The van der Waals surface area contributed by atoms with Crippen LogP contribution in [0.15, 0.2) is 71.6 Å². The van der Waals surface area contributed by atoms with Crippen LogP contribution in [0.4, 0.5) is 10.1 Å². The molecule has 1 atom stereocenters. The van der Waals surface area contributed by atoms with Gasteiger partial charge in [0.15, 0.2) is 0 Å². The van der Waals surface area contributed by atoms with Gasteiger partial charge in [-0.15, -0.1) is 0 Å². The van der Waals surface area contributed by atoms with E-state index in [9.17, 15) is 22.4 Å². The first-order chi connectivity index (χ1) is 23.1. The zero-order valence-electron chi connectivity index (χ0n) is 26.5. The molecule has 9 nitrogen and oxygen atoms in total. The average Bonchev–Trinajstić information content (AvgIpc) is 3.83. The lowest BCUT2D eigenvalue weighted by molar-refractivity contribution is -0.195. The van der Waals surface area contributed by atoms with Gasteiger partial charge in [0.2, 0.25) is 5.91 Å². The Morgan fingerprint density at radius 2 is 1.69 bits per heavy atom. The Balaban J connectivity index is 1.10. The van der Waals surface area contributed by atoms with Gasteiger partial charge in [0.1, 0.15) is 5.82 Å². The summed E-state index contributed by atoms with van der Waals surface area (Å²) >= 11 is 6.32. The van der Waals surface area contributed by atoms with Crippen molar-refractivity contribution in [3.05, 3.63) is 94.3 Å². The predicted molar refractivity (Wildman–Crippen MR) is 179 cm³/mol. The number of halogens is 2. The normalized spacial score (nSPS) is 22.7. The third kappa shape index (κ3) is 5.39. The molecule has 3 aromatic rings. The fourth-order valence-electron chi connectivity index (χ4n) is 8.25. The van der Waals surface area contributed by atoms with E-state index in [-0.39, 0.29) is 40.6 Å². The van der Waals surface area contributed by atoms with Crippen molar-refractivity contribution in [1.82, 2.24) is 15.1 Å². The Morgan fingerprint density at radius 1 is 0.979 bits per heavy atom. The number of carbonyl (C=O) groups is 2. The number of piperidine rings is 1. The van der Waals surface area contributed by atoms with Gasteiger partial charge < -0.3 is 15.0 Å². The van der Waals surface area contributed by atoms with E-state index in [0.717, 1.165) is 50.3 Å². The highest BCUT2D eigenvalue weighted by atomic mass is 35.5. The lowest BCUT2D eigenvalue weighted by atomic mass is 9.68. The van der Waals surface area contributed by atoms with Gasteiger partial charge in [0.05, 0.1) is 41.8 Å². The number of fused-ring (bicyclic) bond motifs is 2. The molecule has 1 aliphatic carbocycles. The van der Waals surface area contributed by atoms with E-state index >= 15 is 0 Å². The molecule has 0 radical (unpaired) electrons. The molecular weight excluding hydrogens is 655 g/mol. The van der Waals surface area contributed by atoms with Crippen LogP contribution in [0.25, 0.3) is 0 Å². The summed E-state index contributed by atoms with van der Waals surface area (Å²) in [6.07, 6.45) is 3.10. The summed E-state index contributed by atoms with van der Waals surface area (Å²) in [6.45, 7) is 4.79. The van der Waals surface area contributed by atoms with Crippen LogP contribution in [0.2, 0.25) is 5.02 Å². The molecule has 252 valence electrons. The lowest BCUT2D eigenvalue weighted by Crippen LogP contribution is -2.68. The summed E-state index contributed by atoms with van der Waals surface area (Å²) in [6, 6.07) is 17.3. The number of nitrogens with zero attached hydrogens (tertiary/aromatic N) is 3. The predicted octanol–water partition coefficient (Wildman–Crippen LogP) is 4.59. The van der Waals surface area contributed by atoms with Gasteiger partial charge in [-0.25, -0.2) is 12.8 Å². The molecule has 1 saturated carbocycles. The molecule has 48 heavy (non-hydrogen) atoms. The highest BCUT2D eigenvalue weighted by molar-refractivity contribution is 7.92. The minimum atomic E-state index is -4.06. The molecule has 8 rings (SSSR count). The van der Waals surface area contributed by atoms with E-state index in [0.29, 0.717) is 48.7 Å². The number of carbonyl (C=O) groups excluding carboxylic acids is 2. The number of hydrogen-bond acceptors (Lipinski definition) is 6. The van der Waals surface area contributed by atoms with Gasteiger partial charge >= 0.3 is 0 Å². The van der Waals surface area contributed by atoms with Crippen LogP contribution in [-0.4, -0.2) is 82.0 Å². The standard InChI is InChI=1S/C36H38ClFN4O5S/c37-30-4-2-1-3-26(30)18-39-34(44)25-7-12-31-29(17-25)36(13-15-40(16-14-36)19-32(43)41-20-35(21-41)22-47-23-35)33(24-5-6-24)42(31)48(45,46)28-10-8-27(38)9-11-28/h1-4,7-12,17,24,33H,5-6,13-16,18-23H2,(H,39,44). The molecule has 4 aliphatic heterocycles. The second-order valence-corrected chi connectivity index (χ2v) is 16.4. The number of ether oxygens (including phenoxy) is 1. The average molecular weight is 693 g/mol. The van der Waals surface area contributed by atoms with Crippen LogP contribution < -0.4 is 9.62 Å². The summed E-state index contributed by atoms with van der Waals surface area (Å²) in [5, 5.41) is 3.54. The first kappa shape index (κ1) is 31.7. The van der Waals surface area contributed by atoms with E-state index in [2.05, 4.69) is 10.2 Å². The minimum Gasteiger partial charge on any atom is -0.380 e. The summed E-state index contributed by atoms with van der Waals surface area (Å²) in [5.41, 5.74) is 2.26. The Bertz CT molecular complexity index is 1870. The molecule has 1 N–H and O–H groups in total. The first-order valence-corrected chi connectivity index (χ1v) is 18.4. The van der Waals surface area contributed by atoms with Gasteiger partial charge in [-0.05, 0) is 104 Å². The van der Waals surface area contributed by atoms with Gasteiger partial charge in [0.25, 0.3) is 15.9 Å². The quantitative estimate of drug-likeness (QED) is 0.371. The molecule has 4 heterocycles. The van der Waals surface area contributed by atoms with E-state index in [1.807, 2.05) is 29.2 Å². The van der Waals surface area contributed by atoms with Crippen LogP contribution in [0, 0.1) is 17.2 Å². The van der Waals surface area contributed by atoms with Crippen molar-refractivity contribution in [2.75, 3.05) is 50.2 Å². The number of anilines is 1. The maximum atomic E-state index is 14.4. The second-order valence-electron chi connectivity index (χ2n) is 14.2. The fourth-order valence-corrected chi connectivity index (χ4v) is 10.3. The summed E-state index contributed by atoms with van der Waals surface area (Å²) in [7, 11) is -4.06. The SMILES string of the molecule is O=C(NCc1ccccc1Cl)c1ccc2c(c1)C1(CCN(CC(=O)N3CC4(COC4)C3)CC1)C(C1CC1)N2S(=O)(=O)c1ccc(F)cc1. The maximum absolute atomic E-state index is 14.4. The molecule has 5 aliphatic rings. The van der Waals surface area contributed by atoms with Gasteiger partial charge in [-0.1, -0.05) is 29.8 Å². The Hall–Kier alpha value is -3.51. The molecule has 4 fully saturated rings. The van der Waals surface area contributed by atoms with Crippen LogP contribution >= 0.6 is 11.6 Å². The molecule has 0 bridgehead atoms. The molecule has 1 unspecified atom stereocenters. The number of rotatable bonds is 8. The van der Waals surface area contributed by atoms with E-state index in [1.165, 1.54) is 24.3 Å². The largest absolute Gasteiger partial charge is 0.380 e. The first-order valence-electron chi connectivity index (χ1n) is 16.6. The number of benzene rings is 3. The van der Waals surface area contributed by atoms with Crippen molar-refractivity contribution < 1.29 is 27.1 Å². The van der Waals surface area contributed by atoms with Crippen molar-refractivity contribution in [1.29, 1.82) is 0 Å². The number of sulfonamides is 1. The molecule has 2 spiro atoms. The third-order valence-electron chi connectivity index (χ3n) is 11.0. The van der Waals surface area contributed by atoms with Crippen LogP contribution in [0.5, 0.6) is 0 Å². The molecule has 3 aromatic carbocycles. The molecule has 2 amide bonds. The number of hydrogen-bond donors (Lipinski definition) is 1. The van der Waals surface area contributed by atoms with Gasteiger partial charge in [0, 0.05) is 35.6 Å². The molecule has 3 saturated heterocycles. The Labute approximate surface area is 285 Å². The third-order valence-corrected chi connectivity index (χ3v) is 13.2. The van der Waals surface area contributed by atoms with Gasteiger partial charge in [-0.3, -0.25) is 18.8 Å². The highest BCUT2D eigenvalue weighted by Crippen LogP contribution is 2.59. The second kappa shape index (κ2) is 11.8. The summed E-state index contributed by atoms with van der Waals surface area (Å²) in [5.74, 6) is -0.509. The fraction of sp³-hybridized carbons (Fsp3) is 0.444. The van der Waals surface area contributed by atoms with E-state index in [1.54, 1.807) is 22.5 Å². The topological polar surface area (TPSA) is 99.3 Å². The van der Waals surface area contributed by atoms with Crippen LogP contribution in [0.1, 0.15) is 47.2 Å². The Kier molecular flexibility index (Phi) is 7.82. The van der Waals surface area contributed by atoms with Crippen LogP contribution in [-0.2, 0) is 31.5 Å². The minimum absolute atomic E-state index is 0.0336. The Morgan fingerprint density at radius 3 is 2.33 bits per heavy atom. The molecular formula is C36H38ClFN4O5S. The smallest absolute Gasteiger partial charge is 0.264 e. The summed E-state index contributed by atoms with van der Waals surface area (Å²) < 4.78 is 49.7. The molecule has 0 aromatic heterocycles. The highest BCUT2D eigenvalue weighted by Gasteiger charge is 2.60. The van der Waals surface area contributed by atoms with Crippen molar-refractivity contribution in [3.8, 4) is 0 Å². The van der Waals surface area contributed by atoms with Crippen molar-refractivity contribution in [2.24, 2.45) is 11.3 Å². The van der Waals surface area contributed by atoms with Crippen LogP contribution in [0.3, 0.4) is 0 Å². The zero-order valence-corrected chi connectivity index (χ0v) is 28.1.